The average Bonchev–Trinajstić information content (AvgIpc) is 2.70. The lowest BCUT2D eigenvalue weighted by atomic mass is 9.91. The summed E-state index contributed by atoms with van der Waals surface area (Å²) in [5, 5.41) is 69.5. The Morgan fingerprint density at radius 2 is 1.46 bits per heavy atom. The van der Waals surface area contributed by atoms with E-state index in [2.05, 4.69) is 0 Å². The third kappa shape index (κ3) is 3.88. The van der Waals surface area contributed by atoms with Gasteiger partial charge < -0.3 is 50.0 Å². The van der Waals surface area contributed by atoms with Crippen molar-refractivity contribution in [3.63, 3.8) is 0 Å². The molecule has 3 rings (SSSR count). The first-order chi connectivity index (χ1) is 13.3. The van der Waals surface area contributed by atoms with E-state index in [1.54, 1.807) is 25.1 Å². The molecule has 7 N–H and O–H groups in total. The van der Waals surface area contributed by atoms with Crippen molar-refractivity contribution in [1.29, 1.82) is 0 Å². The maximum Gasteiger partial charge on any atom is 0.229 e. The zero-order chi connectivity index (χ0) is 20.6. The minimum Gasteiger partial charge on any atom is -0.462 e. The average molecular weight is 402 g/mol. The smallest absolute Gasteiger partial charge is 0.229 e. The van der Waals surface area contributed by atoms with Gasteiger partial charge in [0.1, 0.15) is 54.6 Å². The van der Waals surface area contributed by atoms with Crippen molar-refractivity contribution >= 4 is 0 Å². The molecule has 10 heteroatoms. The Kier molecular flexibility index (Phi) is 6.54. The molecule has 2 fully saturated rings. The first-order valence-corrected chi connectivity index (χ1v) is 9.02. The van der Waals surface area contributed by atoms with Crippen molar-refractivity contribution in [1.82, 2.24) is 0 Å². The predicted molar refractivity (Wildman–Crippen MR) is 92.1 cm³/mol. The fourth-order valence-corrected chi connectivity index (χ4v) is 3.42. The summed E-state index contributed by atoms with van der Waals surface area (Å²) in [7, 11) is 0. The number of hydrogen-bond acceptors (Lipinski definition) is 10. The summed E-state index contributed by atoms with van der Waals surface area (Å²) < 4.78 is 16.6. The molecule has 158 valence electrons. The second kappa shape index (κ2) is 8.57. The Morgan fingerprint density at radius 1 is 0.821 bits per heavy atom. The third-order valence-corrected chi connectivity index (χ3v) is 5.17. The lowest BCUT2D eigenvalue weighted by Crippen LogP contribution is -2.60. The van der Waals surface area contributed by atoms with Crippen molar-refractivity contribution in [3.8, 4) is 5.75 Å². The normalized spacial score (nSPS) is 44.3. The minimum atomic E-state index is -1.60. The molecule has 10 nitrogen and oxygen atoms in total. The largest absolute Gasteiger partial charge is 0.462 e. The molecule has 0 saturated carbocycles. The Hall–Kier alpha value is -1.34. The van der Waals surface area contributed by atoms with Crippen molar-refractivity contribution in [2.45, 2.75) is 68.1 Å². The van der Waals surface area contributed by atoms with Gasteiger partial charge in [-0.05, 0) is 13.0 Å². The number of rotatable bonds is 4. The van der Waals surface area contributed by atoms with Crippen molar-refractivity contribution < 1.29 is 50.0 Å². The number of benzene rings is 1. The Bertz CT molecular complexity index is 655. The molecule has 1 aromatic carbocycles. The molecule has 2 saturated heterocycles. The molecule has 0 amide bonds. The topological polar surface area (TPSA) is 169 Å². The van der Waals surface area contributed by atoms with Gasteiger partial charge in [-0.3, -0.25) is 0 Å². The van der Waals surface area contributed by atoms with Gasteiger partial charge in [0.2, 0.25) is 6.29 Å². The summed E-state index contributed by atoms with van der Waals surface area (Å²) in [5.41, 5.74) is 0.324. The summed E-state index contributed by atoms with van der Waals surface area (Å²) in [6.45, 7) is 0.951. The van der Waals surface area contributed by atoms with Crippen molar-refractivity contribution in [2.24, 2.45) is 0 Å². The van der Waals surface area contributed by atoms with E-state index in [1.165, 1.54) is 6.07 Å². The van der Waals surface area contributed by atoms with Gasteiger partial charge in [0.05, 0.1) is 12.7 Å². The summed E-state index contributed by atoms with van der Waals surface area (Å²) in [6.07, 6.45) is -13.2. The lowest BCUT2D eigenvalue weighted by molar-refractivity contribution is -0.278. The molecule has 0 aliphatic carbocycles. The second-order valence-electron chi connectivity index (χ2n) is 7.09. The molecule has 0 spiro atoms. The first kappa shape index (κ1) is 21.4. The lowest BCUT2D eigenvalue weighted by Gasteiger charge is -2.41. The van der Waals surface area contributed by atoms with Gasteiger partial charge in [-0.2, -0.15) is 0 Å². The van der Waals surface area contributed by atoms with E-state index >= 15 is 0 Å². The molecule has 2 heterocycles. The molecule has 0 radical (unpaired) electrons. The van der Waals surface area contributed by atoms with Crippen molar-refractivity contribution in [3.05, 3.63) is 29.8 Å². The zero-order valence-electron chi connectivity index (χ0n) is 15.1. The van der Waals surface area contributed by atoms with Crippen LogP contribution in [0.2, 0.25) is 0 Å². The molecule has 0 bridgehead atoms. The van der Waals surface area contributed by atoms with Crippen LogP contribution >= 0.6 is 0 Å². The van der Waals surface area contributed by atoms with Crippen LogP contribution in [0.5, 0.6) is 5.75 Å². The van der Waals surface area contributed by atoms with Crippen LogP contribution in [-0.4, -0.2) is 97.5 Å². The highest BCUT2D eigenvalue weighted by Crippen LogP contribution is 2.38. The number of hydrogen-bond donors (Lipinski definition) is 7. The highest BCUT2D eigenvalue weighted by Gasteiger charge is 2.46. The second-order valence-corrected chi connectivity index (χ2v) is 7.09. The quantitative estimate of drug-likeness (QED) is 0.284. The summed E-state index contributed by atoms with van der Waals surface area (Å²) in [5.74, 6) is 0.131. The molecular formula is C18H26O10. The Morgan fingerprint density at radius 3 is 2.14 bits per heavy atom. The van der Waals surface area contributed by atoms with E-state index in [9.17, 15) is 35.7 Å². The number of aliphatic hydroxyl groups is 7. The fourth-order valence-electron chi connectivity index (χ4n) is 3.42. The van der Waals surface area contributed by atoms with Crippen molar-refractivity contribution in [2.75, 3.05) is 6.61 Å². The first-order valence-electron chi connectivity index (χ1n) is 9.02. The number of aliphatic hydroxyl groups excluding tert-OH is 7. The van der Waals surface area contributed by atoms with Crippen LogP contribution in [0.1, 0.15) is 18.6 Å². The van der Waals surface area contributed by atoms with Crippen LogP contribution in [0.3, 0.4) is 0 Å². The molecule has 1 unspecified atom stereocenters. The van der Waals surface area contributed by atoms with Gasteiger partial charge in [0.15, 0.2) is 0 Å². The van der Waals surface area contributed by atoms with E-state index in [-0.39, 0.29) is 5.75 Å². The highest BCUT2D eigenvalue weighted by molar-refractivity contribution is 5.36. The minimum absolute atomic E-state index is 0.131. The third-order valence-electron chi connectivity index (χ3n) is 5.17. The van der Waals surface area contributed by atoms with E-state index in [4.69, 9.17) is 14.2 Å². The van der Waals surface area contributed by atoms with Gasteiger partial charge in [-0.15, -0.1) is 0 Å². The van der Waals surface area contributed by atoms with Gasteiger partial charge >= 0.3 is 0 Å². The molecular weight excluding hydrogens is 376 g/mol. The molecule has 10 atom stereocenters. The Balaban J connectivity index is 1.85. The van der Waals surface area contributed by atoms with E-state index in [1.807, 2.05) is 0 Å². The molecule has 0 aromatic heterocycles. The monoisotopic (exact) mass is 402 g/mol. The highest BCUT2D eigenvalue weighted by atomic mass is 16.7. The van der Waals surface area contributed by atoms with E-state index in [0.717, 1.165) is 0 Å². The number of para-hydroxylation sites is 1. The SMILES string of the molecule is C[C@H]1OC(c2ccccc2O[C@@H]2O[C@H](CO)[C@H](O)[C@H](O)[C@H]2O)[C@H](O)[C@@H](O)[C@H]1O. The number of ether oxygens (including phenoxy) is 3. The summed E-state index contributed by atoms with van der Waals surface area (Å²) in [4.78, 5) is 0. The van der Waals surface area contributed by atoms with Crippen LogP contribution in [0.15, 0.2) is 24.3 Å². The van der Waals surface area contributed by atoms with Crippen LogP contribution in [0.25, 0.3) is 0 Å². The predicted octanol–water partition coefficient (Wildman–Crippen LogP) is -2.59. The maximum absolute atomic E-state index is 10.3. The van der Waals surface area contributed by atoms with Crippen LogP contribution < -0.4 is 4.74 Å². The van der Waals surface area contributed by atoms with Gasteiger partial charge in [-0.25, -0.2) is 0 Å². The standard InChI is InChI=1S/C18H26O10/c1-7-11(20)13(22)15(24)17(26-7)8-4-2-3-5-9(8)27-18-16(25)14(23)12(21)10(6-19)28-18/h2-5,7,10-25H,6H2,1H3/t7-,10-,11+,12+,13+,14+,15-,16-,17?,18-/m1/s1. The van der Waals surface area contributed by atoms with Crippen LogP contribution in [0.4, 0.5) is 0 Å². The van der Waals surface area contributed by atoms with E-state index < -0.39 is 67.8 Å². The van der Waals surface area contributed by atoms with Crippen LogP contribution in [0, 0.1) is 0 Å². The Labute approximate surface area is 161 Å². The summed E-state index contributed by atoms with van der Waals surface area (Å²) >= 11 is 0. The molecule has 28 heavy (non-hydrogen) atoms. The van der Waals surface area contributed by atoms with Gasteiger partial charge in [-0.1, -0.05) is 18.2 Å². The fraction of sp³-hybridized carbons (Fsp3) is 0.667. The zero-order valence-corrected chi connectivity index (χ0v) is 15.1. The molecule has 1 aromatic rings. The molecule has 2 aliphatic rings. The maximum atomic E-state index is 10.3. The summed E-state index contributed by atoms with van der Waals surface area (Å²) in [6, 6.07) is 6.35. The van der Waals surface area contributed by atoms with Crippen LogP contribution in [-0.2, 0) is 9.47 Å². The van der Waals surface area contributed by atoms with Gasteiger partial charge in [0, 0.05) is 5.56 Å². The van der Waals surface area contributed by atoms with Gasteiger partial charge in [0.25, 0.3) is 0 Å². The van der Waals surface area contributed by atoms with E-state index in [0.29, 0.717) is 5.56 Å². The molecule has 2 aliphatic heterocycles.